The average molecular weight is 227 g/mol. The van der Waals surface area contributed by atoms with Gasteiger partial charge in [0, 0.05) is 13.6 Å². The summed E-state index contributed by atoms with van der Waals surface area (Å²) in [6.45, 7) is 2.87. The predicted molar refractivity (Wildman–Crippen MR) is 57.1 cm³/mol. The monoisotopic (exact) mass is 227 g/mol. The molecule has 6 nitrogen and oxygen atoms in total. The lowest BCUT2D eigenvalue weighted by atomic mass is 10.2. The number of aromatic nitrogens is 2. The van der Waals surface area contributed by atoms with E-state index in [1.807, 2.05) is 14.0 Å². The number of hydrogen-bond acceptors (Lipinski definition) is 5. The second-order valence-electron chi connectivity index (χ2n) is 3.79. The van der Waals surface area contributed by atoms with Gasteiger partial charge in [0.2, 0.25) is 5.88 Å². The second kappa shape index (κ2) is 4.40. The summed E-state index contributed by atoms with van der Waals surface area (Å²) in [4.78, 5) is 0. The number of nitrogens with two attached hydrogens (primary N) is 1. The van der Waals surface area contributed by atoms with Gasteiger partial charge in [0.25, 0.3) is 0 Å². The van der Waals surface area contributed by atoms with Crippen LogP contribution in [-0.2, 0) is 16.5 Å². The van der Waals surface area contributed by atoms with Gasteiger partial charge in [-0.3, -0.25) is 0 Å². The highest BCUT2D eigenvalue weighted by Crippen LogP contribution is 2.34. The fourth-order valence-corrected chi connectivity index (χ4v) is 1.89. The van der Waals surface area contributed by atoms with E-state index in [1.165, 1.54) is 0 Å². The molecule has 90 valence electrons. The van der Waals surface area contributed by atoms with Crippen LogP contribution >= 0.6 is 0 Å². The zero-order chi connectivity index (χ0) is 11.7. The van der Waals surface area contributed by atoms with Crippen LogP contribution in [0.25, 0.3) is 0 Å². The van der Waals surface area contributed by atoms with E-state index in [0.717, 1.165) is 11.3 Å². The Morgan fingerprint density at radius 3 is 2.94 bits per heavy atom. The summed E-state index contributed by atoms with van der Waals surface area (Å²) in [5.41, 5.74) is 7.23. The SMILES string of the molecule is COc1c(C2OCC(CN)O2)c(C)nn1C. The molecule has 1 aromatic rings. The number of aryl methyl sites for hydroxylation is 2. The molecule has 1 fully saturated rings. The molecule has 1 aliphatic rings. The molecule has 0 saturated carbocycles. The molecule has 2 unspecified atom stereocenters. The van der Waals surface area contributed by atoms with E-state index in [2.05, 4.69) is 5.10 Å². The van der Waals surface area contributed by atoms with Gasteiger partial charge in [-0.25, -0.2) is 4.68 Å². The summed E-state index contributed by atoms with van der Waals surface area (Å²) < 4.78 is 18.2. The minimum atomic E-state index is -0.419. The molecule has 2 heterocycles. The first kappa shape index (κ1) is 11.4. The van der Waals surface area contributed by atoms with Gasteiger partial charge in [-0.2, -0.15) is 5.10 Å². The first-order valence-corrected chi connectivity index (χ1v) is 5.22. The third-order valence-corrected chi connectivity index (χ3v) is 2.66. The molecular formula is C10H17N3O3. The standard InChI is InChI=1S/C10H17N3O3/c1-6-8(9(14-3)13(2)12-6)10-15-5-7(4-11)16-10/h7,10H,4-5,11H2,1-3H3. The Balaban J connectivity index is 2.27. The molecule has 16 heavy (non-hydrogen) atoms. The van der Waals surface area contributed by atoms with Crippen molar-refractivity contribution in [2.24, 2.45) is 12.8 Å². The van der Waals surface area contributed by atoms with Crippen LogP contribution in [0.15, 0.2) is 0 Å². The summed E-state index contributed by atoms with van der Waals surface area (Å²) in [5.74, 6) is 0.667. The highest BCUT2D eigenvalue weighted by atomic mass is 16.7. The first-order valence-electron chi connectivity index (χ1n) is 5.22. The molecule has 0 amide bonds. The third kappa shape index (κ3) is 1.79. The van der Waals surface area contributed by atoms with Crippen LogP contribution < -0.4 is 10.5 Å². The molecule has 0 radical (unpaired) electrons. The second-order valence-corrected chi connectivity index (χ2v) is 3.79. The van der Waals surface area contributed by atoms with E-state index in [0.29, 0.717) is 19.0 Å². The van der Waals surface area contributed by atoms with E-state index in [9.17, 15) is 0 Å². The number of rotatable bonds is 3. The van der Waals surface area contributed by atoms with Crippen LogP contribution in [0.3, 0.4) is 0 Å². The van der Waals surface area contributed by atoms with Crippen molar-refractivity contribution < 1.29 is 14.2 Å². The van der Waals surface area contributed by atoms with Crippen molar-refractivity contribution >= 4 is 0 Å². The summed E-state index contributed by atoms with van der Waals surface area (Å²) in [7, 11) is 3.43. The van der Waals surface area contributed by atoms with E-state index in [1.54, 1.807) is 11.8 Å². The third-order valence-electron chi connectivity index (χ3n) is 2.66. The quantitative estimate of drug-likeness (QED) is 0.793. The van der Waals surface area contributed by atoms with Crippen LogP contribution in [0.4, 0.5) is 0 Å². The van der Waals surface area contributed by atoms with Crippen LogP contribution in [0.1, 0.15) is 17.5 Å². The van der Waals surface area contributed by atoms with Gasteiger partial charge in [0.05, 0.1) is 31.1 Å². The van der Waals surface area contributed by atoms with Crippen molar-refractivity contribution in [3.05, 3.63) is 11.3 Å². The molecule has 6 heteroatoms. The van der Waals surface area contributed by atoms with E-state index in [-0.39, 0.29) is 6.10 Å². The Kier molecular flexibility index (Phi) is 3.13. The zero-order valence-corrected chi connectivity index (χ0v) is 9.77. The molecule has 0 bridgehead atoms. The van der Waals surface area contributed by atoms with Gasteiger partial charge < -0.3 is 19.9 Å². The summed E-state index contributed by atoms with van der Waals surface area (Å²) in [5, 5.41) is 4.28. The van der Waals surface area contributed by atoms with Crippen molar-refractivity contribution in [3.63, 3.8) is 0 Å². The average Bonchev–Trinajstić information content (AvgIpc) is 2.82. The van der Waals surface area contributed by atoms with Crippen LogP contribution in [-0.4, -0.2) is 36.1 Å². The van der Waals surface area contributed by atoms with Gasteiger partial charge >= 0.3 is 0 Å². The van der Waals surface area contributed by atoms with Crippen molar-refractivity contribution in [2.45, 2.75) is 19.3 Å². The van der Waals surface area contributed by atoms with Gasteiger partial charge in [-0.1, -0.05) is 0 Å². The van der Waals surface area contributed by atoms with Crippen LogP contribution in [0.2, 0.25) is 0 Å². The Labute approximate surface area is 94.3 Å². The topological polar surface area (TPSA) is 71.5 Å². The lowest BCUT2D eigenvalue weighted by Gasteiger charge is -2.11. The van der Waals surface area contributed by atoms with Crippen molar-refractivity contribution in [3.8, 4) is 5.88 Å². The fourth-order valence-electron chi connectivity index (χ4n) is 1.89. The normalized spacial score (nSPS) is 25.0. The number of ether oxygens (including phenoxy) is 3. The number of methoxy groups -OCH3 is 1. The zero-order valence-electron chi connectivity index (χ0n) is 9.77. The Morgan fingerprint density at radius 1 is 1.62 bits per heavy atom. The molecule has 2 atom stereocenters. The van der Waals surface area contributed by atoms with Gasteiger partial charge in [0.1, 0.15) is 0 Å². The van der Waals surface area contributed by atoms with E-state index >= 15 is 0 Å². The molecule has 2 N–H and O–H groups in total. The summed E-state index contributed by atoms with van der Waals surface area (Å²) in [6, 6.07) is 0. The predicted octanol–water partition coefficient (Wildman–Crippen LogP) is 0.110. The summed E-state index contributed by atoms with van der Waals surface area (Å²) >= 11 is 0. The van der Waals surface area contributed by atoms with Crippen molar-refractivity contribution in [1.29, 1.82) is 0 Å². The molecule has 1 aromatic heterocycles. The lowest BCUT2D eigenvalue weighted by Crippen LogP contribution is -2.21. The van der Waals surface area contributed by atoms with E-state index < -0.39 is 6.29 Å². The maximum Gasteiger partial charge on any atom is 0.219 e. The fraction of sp³-hybridized carbons (Fsp3) is 0.700. The molecule has 0 spiro atoms. The van der Waals surface area contributed by atoms with Crippen LogP contribution in [0.5, 0.6) is 5.88 Å². The molecule has 2 rings (SSSR count). The van der Waals surface area contributed by atoms with Crippen LogP contribution in [0, 0.1) is 6.92 Å². The van der Waals surface area contributed by atoms with Gasteiger partial charge in [0.15, 0.2) is 6.29 Å². The smallest absolute Gasteiger partial charge is 0.219 e. The first-order chi connectivity index (χ1) is 7.67. The molecule has 1 aliphatic heterocycles. The Morgan fingerprint density at radius 2 is 2.38 bits per heavy atom. The maximum absolute atomic E-state index is 5.65. The molecular weight excluding hydrogens is 210 g/mol. The van der Waals surface area contributed by atoms with Crippen molar-refractivity contribution in [1.82, 2.24) is 9.78 Å². The minimum absolute atomic E-state index is 0.0469. The Hall–Kier alpha value is -1.11. The van der Waals surface area contributed by atoms with Gasteiger partial charge in [-0.05, 0) is 6.92 Å². The highest BCUT2D eigenvalue weighted by molar-refractivity contribution is 5.32. The van der Waals surface area contributed by atoms with E-state index in [4.69, 9.17) is 19.9 Å². The number of nitrogens with zero attached hydrogens (tertiary/aromatic N) is 2. The molecule has 1 saturated heterocycles. The summed E-state index contributed by atoms with van der Waals surface area (Å²) in [6.07, 6.45) is -0.466. The minimum Gasteiger partial charge on any atom is -0.481 e. The molecule has 0 aromatic carbocycles. The molecule has 0 aliphatic carbocycles. The highest BCUT2D eigenvalue weighted by Gasteiger charge is 2.32. The maximum atomic E-state index is 5.65. The lowest BCUT2D eigenvalue weighted by molar-refractivity contribution is -0.0602. The largest absolute Gasteiger partial charge is 0.481 e. The number of hydrogen-bond donors (Lipinski definition) is 1. The van der Waals surface area contributed by atoms with Crippen molar-refractivity contribution in [2.75, 3.05) is 20.3 Å². The van der Waals surface area contributed by atoms with Gasteiger partial charge in [-0.15, -0.1) is 0 Å². The Bertz CT molecular complexity index is 378.